The topological polar surface area (TPSA) is 84.9 Å². The Labute approximate surface area is 179 Å². The van der Waals surface area contributed by atoms with Crippen molar-refractivity contribution in [1.29, 1.82) is 0 Å². The average molecular weight is 431 g/mol. The summed E-state index contributed by atoms with van der Waals surface area (Å²) >= 11 is 6.04. The van der Waals surface area contributed by atoms with Crippen LogP contribution in [0.15, 0.2) is 36.4 Å². The van der Waals surface area contributed by atoms with Crippen molar-refractivity contribution in [2.75, 3.05) is 30.5 Å². The van der Waals surface area contributed by atoms with E-state index in [9.17, 15) is 14.4 Å². The Morgan fingerprint density at radius 2 is 1.87 bits per heavy atom. The van der Waals surface area contributed by atoms with Gasteiger partial charge < -0.3 is 19.7 Å². The van der Waals surface area contributed by atoms with Crippen LogP contribution in [-0.4, -0.2) is 38.0 Å². The van der Waals surface area contributed by atoms with Gasteiger partial charge in [-0.1, -0.05) is 17.7 Å². The summed E-state index contributed by atoms with van der Waals surface area (Å²) in [5.41, 5.74) is 3.17. The van der Waals surface area contributed by atoms with Crippen LogP contribution in [0.2, 0.25) is 5.02 Å². The first-order valence-electron chi connectivity index (χ1n) is 9.45. The lowest BCUT2D eigenvalue weighted by atomic mass is 10.1. The van der Waals surface area contributed by atoms with Gasteiger partial charge in [-0.05, 0) is 55.3 Å². The number of carbonyl (C=O) groups excluding carboxylic acids is 3. The predicted octanol–water partition coefficient (Wildman–Crippen LogP) is 3.50. The highest BCUT2D eigenvalue weighted by atomic mass is 35.5. The molecule has 0 unspecified atom stereocenters. The molecule has 0 bridgehead atoms. The highest BCUT2D eigenvalue weighted by Crippen LogP contribution is 2.35. The van der Waals surface area contributed by atoms with Gasteiger partial charge in [0.1, 0.15) is 5.75 Å². The van der Waals surface area contributed by atoms with Crippen molar-refractivity contribution in [2.45, 2.75) is 20.3 Å². The van der Waals surface area contributed by atoms with Crippen molar-refractivity contribution in [2.24, 2.45) is 5.92 Å². The van der Waals surface area contributed by atoms with Gasteiger partial charge in [0.15, 0.2) is 6.61 Å². The molecule has 0 radical (unpaired) electrons. The molecule has 0 aromatic heterocycles. The Balaban J connectivity index is 1.58. The first kappa shape index (κ1) is 21.6. The van der Waals surface area contributed by atoms with Gasteiger partial charge in [-0.25, -0.2) is 0 Å². The maximum absolute atomic E-state index is 12.5. The lowest BCUT2D eigenvalue weighted by Gasteiger charge is -2.19. The third-order valence-corrected chi connectivity index (χ3v) is 4.98. The molecule has 30 heavy (non-hydrogen) atoms. The van der Waals surface area contributed by atoms with Crippen LogP contribution in [0.4, 0.5) is 11.4 Å². The van der Waals surface area contributed by atoms with Gasteiger partial charge in [-0.15, -0.1) is 0 Å². The quantitative estimate of drug-likeness (QED) is 0.709. The number of hydrogen-bond donors (Lipinski definition) is 1. The molecule has 158 valence electrons. The molecule has 2 aromatic rings. The molecular weight excluding hydrogens is 408 g/mol. The van der Waals surface area contributed by atoms with Crippen molar-refractivity contribution in [3.05, 3.63) is 52.5 Å². The first-order valence-corrected chi connectivity index (χ1v) is 9.83. The van der Waals surface area contributed by atoms with Crippen LogP contribution in [0.3, 0.4) is 0 Å². The summed E-state index contributed by atoms with van der Waals surface area (Å²) in [6.07, 6.45) is -0.00675. The van der Waals surface area contributed by atoms with Crippen molar-refractivity contribution < 1.29 is 23.9 Å². The lowest BCUT2D eigenvalue weighted by Crippen LogP contribution is -2.28. The number of benzene rings is 2. The smallest absolute Gasteiger partial charge is 0.311 e. The van der Waals surface area contributed by atoms with E-state index >= 15 is 0 Å². The number of esters is 1. The third kappa shape index (κ3) is 5.10. The van der Waals surface area contributed by atoms with E-state index in [1.807, 2.05) is 32.0 Å². The number of rotatable bonds is 6. The fourth-order valence-electron chi connectivity index (χ4n) is 3.47. The Hall–Kier alpha value is -3.06. The molecule has 0 spiro atoms. The monoisotopic (exact) mass is 430 g/mol. The van der Waals surface area contributed by atoms with Crippen LogP contribution in [0.1, 0.15) is 17.5 Å². The van der Waals surface area contributed by atoms with E-state index in [1.165, 1.54) is 12.0 Å². The van der Waals surface area contributed by atoms with E-state index in [4.69, 9.17) is 21.1 Å². The number of anilines is 2. The maximum atomic E-state index is 12.5. The number of hydrogen-bond acceptors (Lipinski definition) is 5. The maximum Gasteiger partial charge on any atom is 0.311 e. The molecule has 1 fully saturated rings. The number of nitrogens with one attached hydrogen (secondary N) is 1. The predicted molar refractivity (Wildman–Crippen MR) is 114 cm³/mol. The van der Waals surface area contributed by atoms with E-state index in [1.54, 1.807) is 18.2 Å². The number of nitrogens with zero attached hydrogens (tertiary/aromatic N) is 1. The Morgan fingerprint density at radius 3 is 2.53 bits per heavy atom. The van der Waals surface area contributed by atoms with Gasteiger partial charge >= 0.3 is 5.97 Å². The standard InChI is InChI=1S/C22H23ClN2O5/c1-13-6-14(2)8-17(7-13)24-20(26)12-30-22(28)15-9-21(27)25(11-15)18-10-16(23)4-5-19(18)29-3/h4-8,10,15H,9,11-12H2,1-3H3,(H,24,26)/t15-/m0/s1. The molecule has 1 heterocycles. The molecule has 1 saturated heterocycles. The number of ether oxygens (including phenoxy) is 2. The second-order valence-corrected chi connectivity index (χ2v) is 7.69. The molecule has 2 amide bonds. The second kappa shape index (κ2) is 9.17. The Kier molecular flexibility index (Phi) is 6.62. The highest BCUT2D eigenvalue weighted by Gasteiger charge is 2.37. The van der Waals surface area contributed by atoms with Crippen LogP contribution >= 0.6 is 11.6 Å². The van der Waals surface area contributed by atoms with Gasteiger partial charge in [0, 0.05) is 23.7 Å². The van der Waals surface area contributed by atoms with Crippen molar-refractivity contribution in [1.82, 2.24) is 0 Å². The number of methoxy groups -OCH3 is 1. The minimum atomic E-state index is -0.671. The minimum absolute atomic E-state index is 0.00675. The molecule has 1 N–H and O–H groups in total. The van der Waals surface area contributed by atoms with E-state index in [2.05, 4.69) is 5.32 Å². The summed E-state index contributed by atoms with van der Waals surface area (Å²) in [7, 11) is 1.49. The highest BCUT2D eigenvalue weighted by molar-refractivity contribution is 6.31. The van der Waals surface area contributed by atoms with Gasteiger partial charge in [-0.2, -0.15) is 0 Å². The summed E-state index contributed by atoms with van der Waals surface area (Å²) in [6, 6.07) is 10.6. The summed E-state index contributed by atoms with van der Waals surface area (Å²) in [5, 5.41) is 3.16. The zero-order valence-corrected chi connectivity index (χ0v) is 17.8. The zero-order chi connectivity index (χ0) is 21.8. The molecule has 8 heteroatoms. The average Bonchev–Trinajstić information content (AvgIpc) is 3.07. The first-order chi connectivity index (χ1) is 14.3. The van der Waals surface area contributed by atoms with E-state index < -0.39 is 24.4 Å². The summed E-state index contributed by atoms with van der Waals surface area (Å²) in [4.78, 5) is 38.4. The zero-order valence-electron chi connectivity index (χ0n) is 17.0. The van der Waals surface area contributed by atoms with Crippen LogP contribution in [-0.2, 0) is 19.1 Å². The Morgan fingerprint density at radius 1 is 1.17 bits per heavy atom. The van der Waals surface area contributed by atoms with Gasteiger partial charge in [0.2, 0.25) is 5.91 Å². The molecule has 7 nitrogen and oxygen atoms in total. The minimum Gasteiger partial charge on any atom is -0.495 e. The number of amides is 2. The van der Waals surface area contributed by atoms with Crippen LogP contribution in [0, 0.1) is 19.8 Å². The van der Waals surface area contributed by atoms with E-state index in [-0.39, 0.29) is 18.9 Å². The summed E-state index contributed by atoms with van der Waals surface area (Å²) < 4.78 is 10.4. The molecule has 1 aliphatic heterocycles. The SMILES string of the molecule is COc1ccc(Cl)cc1N1C[C@@H](C(=O)OCC(=O)Nc2cc(C)cc(C)c2)CC1=O. The van der Waals surface area contributed by atoms with Gasteiger partial charge in [0.05, 0.1) is 18.7 Å². The molecule has 0 aliphatic carbocycles. The Bertz CT molecular complexity index is 971. The normalized spacial score (nSPS) is 15.8. The summed E-state index contributed by atoms with van der Waals surface area (Å²) in [6.45, 7) is 3.57. The second-order valence-electron chi connectivity index (χ2n) is 7.25. The van der Waals surface area contributed by atoms with E-state index in [0.717, 1.165) is 11.1 Å². The number of halogens is 1. The van der Waals surface area contributed by atoms with Gasteiger partial charge in [-0.3, -0.25) is 14.4 Å². The summed E-state index contributed by atoms with van der Waals surface area (Å²) in [5.74, 6) is -1.46. The van der Waals surface area contributed by atoms with Crippen molar-refractivity contribution in [3.8, 4) is 5.75 Å². The molecule has 3 rings (SSSR count). The van der Waals surface area contributed by atoms with Gasteiger partial charge in [0.25, 0.3) is 5.91 Å². The molecule has 1 atom stereocenters. The van der Waals surface area contributed by atoms with Crippen LogP contribution in [0.25, 0.3) is 0 Å². The number of aryl methyl sites for hydroxylation is 2. The fraction of sp³-hybridized carbons (Fsp3) is 0.318. The molecule has 1 aliphatic rings. The fourth-order valence-corrected chi connectivity index (χ4v) is 3.64. The molecule has 0 saturated carbocycles. The third-order valence-electron chi connectivity index (χ3n) is 4.74. The van der Waals surface area contributed by atoms with Crippen LogP contribution < -0.4 is 15.0 Å². The van der Waals surface area contributed by atoms with Crippen molar-refractivity contribution >= 4 is 40.8 Å². The van der Waals surface area contributed by atoms with E-state index in [0.29, 0.717) is 22.1 Å². The molecular formula is C22H23ClN2O5. The largest absolute Gasteiger partial charge is 0.495 e. The lowest BCUT2D eigenvalue weighted by molar-refractivity contribution is -0.151. The van der Waals surface area contributed by atoms with Crippen LogP contribution in [0.5, 0.6) is 5.75 Å². The molecule has 2 aromatic carbocycles. The van der Waals surface area contributed by atoms with Crippen molar-refractivity contribution in [3.63, 3.8) is 0 Å². The number of carbonyl (C=O) groups is 3.